The Morgan fingerprint density at radius 3 is 1.11 bits per heavy atom. The Bertz CT molecular complexity index is 898. The molecule has 28 heavy (non-hydrogen) atoms. The third-order valence-electron chi connectivity index (χ3n) is 4.86. The molecule has 0 N–H and O–H groups in total. The first kappa shape index (κ1) is 18.1. The van der Waals surface area contributed by atoms with E-state index in [0.717, 1.165) is 48.5 Å². The summed E-state index contributed by atoms with van der Waals surface area (Å²) in [4.78, 5) is 0. The van der Waals surface area contributed by atoms with Gasteiger partial charge in [0.05, 0.1) is 0 Å². The van der Waals surface area contributed by atoms with Gasteiger partial charge in [0.1, 0.15) is 22.8 Å². The van der Waals surface area contributed by atoms with Gasteiger partial charge in [-0.3, -0.25) is 0 Å². The van der Waals surface area contributed by atoms with Gasteiger partial charge >= 0.3 is 0 Å². The number of hydrogen-bond acceptors (Lipinski definition) is 6. The number of aromatic nitrogens is 4. The summed E-state index contributed by atoms with van der Waals surface area (Å²) in [6, 6.07) is 20.7. The normalized spacial score (nSPS) is 11.0. The van der Waals surface area contributed by atoms with Crippen LogP contribution in [0.15, 0.2) is 69.9 Å². The zero-order chi connectivity index (χ0) is 19.0. The third kappa shape index (κ3) is 4.71. The van der Waals surface area contributed by atoms with Gasteiger partial charge in [-0.15, -0.1) is 0 Å². The Hall–Kier alpha value is -3.28. The van der Waals surface area contributed by atoms with Crippen LogP contribution in [-0.2, 0) is 38.5 Å². The van der Waals surface area contributed by atoms with Crippen LogP contribution in [0.2, 0.25) is 0 Å². The van der Waals surface area contributed by atoms with Crippen LogP contribution in [-0.4, -0.2) is 20.6 Å². The van der Waals surface area contributed by atoms with Gasteiger partial charge in [-0.05, 0) is 36.8 Å². The van der Waals surface area contributed by atoms with Crippen molar-refractivity contribution in [3.63, 3.8) is 0 Å². The molecular weight excluding hydrogens is 352 g/mol. The van der Waals surface area contributed by atoms with Crippen LogP contribution in [0.1, 0.15) is 33.9 Å². The fourth-order valence-corrected chi connectivity index (χ4v) is 3.26. The molecule has 0 saturated heterocycles. The lowest BCUT2D eigenvalue weighted by atomic mass is 10.0. The SMILES string of the molecule is c1ccc(CCc2nonc2CCc2nonc2CCc2ccccc2)cc1. The number of rotatable bonds is 9. The summed E-state index contributed by atoms with van der Waals surface area (Å²) in [5.41, 5.74) is 6.14. The maximum Gasteiger partial charge on any atom is 0.108 e. The summed E-state index contributed by atoms with van der Waals surface area (Å²) in [6.45, 7) is 0. The molecule has 0 aliphatic heterocycles. The molecule has 0 amide bonds. The molecule has 4 aromatic rings. The zero-order valence-corrected chi connectivity index (χ0v) is 15.6. The van der Waals surface area contributed by atoms with E-state index in [0.29, 0.717) is 12.8 Å². The molecule has 0 atom stereocenters. The first-order chi connectivity index (χ1) is 13.9. The molecule has 0 bridgehead atoms. The fourth-order valence-electron chi connectivity index (χ4n) is 3.26. The maximum absolute atomic E-state index is 4.98. The van der Waals surface area contributed by atoms with E-state index in [-0.39, 0.29) is 0 Å². The lowest BCUT2D eigenvalue weighted by Gasteiger charge is -2.02. The largest absolute Gasteiger partial charge is 0.244 e. The second kappa shape index (κ2) is 9.08. The van der Waals surface area contributed by atoms with Gasteiger partial charge in [-0.1, -0.05) is 81.3 Å². The van der Waals surface area contributed by atoms with Gasteiger partial charge in [0.15, 0.2) is 0 Å². The van der Waals surface area contributed by atoms with E-state index in [1.54, 1.807) is 0 Å². The van der Waals surface area contributed by atoms with Crippen LogP contribution in [0.5, 0.6) is 0 Å². The summed E-state index contributed by atoms with van der Waals surface area (Å²) < 4.78 is 9.96. The maximum atomic E-state index is 4.98. The van der Waals surface area contributed by atoms with E-state index in [2.05, 4.69) is 44.9 Å². The van der Waals surface area contributed by atoms with Gasteiger partial charge in [-0.25, -0.2) is 9.26 Å². The molecule has 0 radical (unpaired) electrons. The molecule has 0 aliphatic rings. The Morgan fingerprint density at radius 2 is 0.750 bits per heavy atom. The van der Waals surface area contributed by atoms with E-state index < -0.39 is 0 Å². The topological polar surface area (TPSA) is 77.8 Å². The molecule has 0 unspecified atom stereocenters. The second-order valence-corrected chi connectivity index (χ2v) is 6.79. The highest BCUT2D eigenvalue weighted by Crippen LogP contribution is 2.14. The Morgan fingerprint density at radius 1 is 0.429 bits per heavy atom. The van der Waals surface area contributed by atoms with E-state index in [9.17, 15) is 0 Å². The summed E-state index contributed by atoms with van der Waals surface area (Å²) in [5, 5.41) is 16.3. The van der Waals surface area contributed by atoms with Gasteiger partial charge in [0, 0.05) is 12.8 Å². The van der Waals surface area contributed by atoms with Gasteiger partial charge in [0.25, 0.3) is 0 Å². The molecule has 6 nitrogen and oxygen atoms in total. The van der Waals surface area contributed by atoms with Crippen molar-refractivity contribution in [3.8, 4) is 0 Å². The van der Waals surface area contributed by atoms with Crippen molar-refractivity contribution in [3.05, 3.63) is 94.6 Å². The number of nitrogens with zero attached hydrogens (tertiary/aromatic N) is 4. The Balaban J connectivity index is 1.33. The molecule has 2 heterocycles. The first-order valence-corrected chi connectivity index (χ1v) is 9.57. The average molecular weight is 374 g/mol. The number of aryl methyl sites for hydroxylation is 6. The van der Waals surface area contributed by atoms with Crippen LogP contribution in [0.3, 0.4) is 0 Å². The molecular formula is C22H22N4O2. The summed E-state index contributed by atoms with van der Waals surface area (Å²) in [5.74, 6) is 0. The lowest BCUT2D eigenvalue weighted by Crippen LogP contribution is -2.02. The minimum atomic E-state index is 0.709. The standard InChI is InChI=1S/C22H22N4O2/c1-3-7-17(8-4-1)11-13-19-21(25-27-23-19)15-16-22-20(24-28-26-22)14-12-18-9-5-2-6-10-18/h1-10H,11-16H2. The van der Waals surface area contributed by atoms with Crippen LogP contribution >= 0.6 is 0 Å². The third-order valence-corrected chi connectivity index (χ3v) is 4.86. The van der Waals surface area contributed by atoms with E-state index >= 15 is 0 Å². The smallest absolute Gasteiger partial charge is 0.108 e. The Labute approximate surface area is 163 Å². The minimum Gasteiger partial charge on any atom is -0.244 e. The van der Waals surface area contributed by atoms with E-state index in [4.69, 9.17) is 9.26 Å². The van der Waals surface area contributed by atoms with Crippen molar-refractivity contribution in [1.29, 1.82) is 0 Å². The molecule has 6 heteroatoms. The predicted octanol–water partition coefficient (Wildman–Crippen LogP) is 3.81. The predicted molar refractivity (Wildman–Crippen MR) is 104 cm³/mol. The number of benzene rings is 2. The summed E-state index contributed by atoms with van der Waals surface area (Å²) in [7, 11) is 0. The van der Waals surface area contributed by atoms with E-state index in [1.807, 2.05) is 36.4 Å². The zero-order valence-electron chi connectivity index (χ0n) is 15.6. The molecule has 0 fully saturated rings. The van der Waals surface area contributed by atoms with Crippen molar-refractivity contribution in [1.82, 2.24) is 20.6 Å². The minimum absolute atomic E-state index is 0.709. The van der Waals surface area contributed by atoms with Gasteiger partial charge in [-0.2, -0.15) is 0 Å². The second-order valence-electron chi connectivity index (χ2n) is 6.79. The van der Waals surface area contributed by atoms with Gasteiger partial charge < -0.3 is 0 Å². The van der Waals surface area contributed by atoms with Crippen molar-refractivity contribution >= 4 is 0 Å². The van der Waals surface area contributed by atoms with Crippen molar-refractivity contribution < 1.29 is 9.26 Å². The van der Waals surface area contributed by atoms with Crippen LogP contribution in [0.25, 0.3) is 0 Å². The summed E-state index contributed by atoms with van der Waals surface area (Å²) >= 11 is 0. The Kier molecular flexibility index (Phi) is 5.87. The fraction of sp³-hybridized carbons (Fsp3) is 0.273. The highest BCUT2D eigenvalue weighted by atomic mass is 16.6. The molecule has 2 aromatic carbocycles. The molecule has 0 spiro atoms. The molecule has 0 saturated carbocycles. The average Bonchev–Trinajstić information content (AvgIpc) is 3.39. The highest BCUT2D eigenvalue weighted by Gasteiger charge is 2.15. The monoisotopic (exact) mass is 374 g/mol. The highest BCUT2D eigenvalue weighted by molar-refractivity contribution is 5.20. The first-order valence-electron chi connectivity index (χ1n) is 9.57. The van der Waals surface area contributed by atoms with E-state index in [1.165, 1.54) is 11.1 Å². The van der Waals surface area contributed by atoms with Crippen LogP contribution in [0, 0.1) is 0 Å². The molecule has 4 rings (SSSR count). The van der Waals surface area contributed by atoms with Crippen molar-refractivity contribution in [2.45, 2.75) is 38.5 Å². The van der Waals surface area contributed by atoms with Crippen molar-refractivity contribution in [2.75, 3.05) is 0 Å². The van der Waals surface area contributed by atoms with Crippen molar-refractivity contribution in [2.24, 2.45) is 0 Å². The van der Waals surface area contributed by atoms with Crippen LogP contribution in [0.4, 0.5) is 0 Å². The molecule has 142 valence electrons. The quantitative estimate of drug-likeness (QED) is 0.443. The van der Waals surface area contributed by atoms with Gasteiger partial charge in [0.2, 0.25) is 0 Å². The number of hydrogen-bond donors (Lipinski definition) is 0. The van der Waals surface area contributed by atoms with Crippen LogP contribution < -0.4 is 0 Å². The molecule has 0 aliphatic carbocycles. The summed E-state index contributed by atoms with van der Waals surface area (Å²) in [6.07, 6.45) is 4.85. The lowest BCUT2D eigenvalue weighted by molar-refractivity contribution is 0.297. The molecule has 2 aromatic heterocycles.